The van der Waals surface area contributed by atoms with Gasteiger partial charge in [0.2, 0.25) is 11.8 Å². The lowest BCUT2D eigenvalue weighted by molar-refractivity contribution is -0.117. The van der Waals surface area contributed by atoms with Crippen LogP contribution in [0.2, 0.25) is 0 Å². The standard InChI is InChI=1S/C15H17N3O4S/c1-8(19)12-6-11(22-9(12)2)3-4-14(21)18-15-17-10(7-23-15)5-13(16)20/h6-7H,3-5H2,1-2H3,(H2,16,20)(H,17,18,21). The second kappa shape index (κ2) is 7.19. The van der Waals surface area contributed by atoms with Crippen molar-refractivity contribution in [2.75, 3.05) is 5.32 Å². The molecule has 23 heavy (non-hydrogen) atoms. The van der Waals surface area contributed by atoms with Gasteiger partial charge in [0.1, 0.15) is 11.5 Å². The van der Waals surface area contributed by atoms with Crippen molar-refractivity contribution in [2.45, 2.75) is 33.1 Å². The molecule has 7 nitrogen and oxygen atoms in total. The molecule has 0 aliphatic heterocycles. The van der Waals surface area contributed by atoms with Crippen molar-refractivity contribution in [1.82, 2.24) is 4.98 Å². The van der Waals surface area contributed by atoms with Crippen LogP contribution in [0.1, 0.15) is 40.9 Å². The molecule has 2 aromatic heterocycles. The summed E-state index contributed by atoms with van der Waals surface area (Å²) in [6, 6.07) is 1.67. The number of furan rings is 1. The van der Waals surface area contributed by atoms with E-state index in [2.05, 4.69) is 10.3 Å². The lowest BCUT2D eigenvalue weighted by Crippen LogP contribution is -2.14. The number of ketones is 1. The van der Waals surface area contributed by atoms with Gasteiger partial charge in [-0.05, 0) is 19.9 Å². The van der Waals surface area contributed by atoms with Gasteiger partial charge < -0.3 is 15.5 Å². The molecule has 2 rings (SSSR count). The van der Waals surface area contributed by atoms with Crippen LogP contribution in [0.25, 0.3) is 0 Å². The molecule has 2 heterocycles. The van der Waals surface area contributed by atoms with E-state index in [1.54, 1.807) is 18.4 Å². The lowest BCUT2D eigenvalue weighted by Gasteiger charge is -2.00. The third-order valence-corrected chi connectivity index (χ3v) is 3.91. The molecule has 0 bridgehead atoms. The summed E-state index contributed by atoms with van der Waals surface area (Å²) in [6.45, 7) is 3.19. The third-order valence-electron chi connectivity index (χ3n) is 3.10. The predicted molar refractivity (Wildman–Crippen MR) is 85.4 cm³/mol. The van der Waals surface area contributed by atoms with Crippen molar-refractivity contribution in [3.8, 4) is 0 Å². The maximum absolute atomic E-state index is 11.9. The van der Waals surface area contributed by atoms with Gasteiger partial charge in [0.15, 0.2) is 10.9 Å². The number of carbonyl (C=O) groups excluding carboxylic acids is 3. The van der Waals surface area contributed by atoms with E-state index in [1.165, 1.54) is 18.3 Å². The summed E-state index contributed by atoms with van der Waals surface area (Å²) in [4.78, 5) is 38.2. The Balaban J connectivity index is 1.87. The molecule has 0 aromatic carbocycles. The molecule has 3 N–H and O–H groups in total. The second-order valence-electron chi connectivity index (χ2n) is 5.07. The number of anilines is 1. The predicted octanol–water partition coefficient (Wildman–Crippen LogP) is 1.85. The van der Waals surface area contributed by atoms with Crippen LogP contribution in [-0.4, -0.2) is 22.6 Å². The summed E-state index contributed by atoms with van der Waals surface area (Å²) in [5.41, 5.74) is 6.16. The van der Waals surface area contributed by atoms with Gasteiger partial charge in [-0.25, -0.2) is 4.98 Å². The molecular formula is C15H17N3O4S. The van der Waals surface area contributed by atoms with Crippen LogP contribution in [0, 0.1) is 6.92 Å². The molecule has 2 amide bonds. The summed E-state index contributed by atoms with van der Waals surface area (Å²) < 4.78 is 5.46. The number of aromatic nitrogens is 1. The van der Waals surface area contributed by atoms with Crippen molar-refractivity contribution >= 4 is 34.1 Å². The summed E-state index contributed by atoms with van der Waals surface area (Å²) in [5, 5.41) is 4.76. The fourth-order valence-corrected chi connectivity index (χ4v) is 2.79. The highest BCUT2D eigenvalue weighted by Gasteiger charge is 2.13. The molecule has 0 atom stereocenters. The fourth-order valence-electron chi connectivity index (χ4n) is 2.06. The van der Waals surface area contributed by atoms with Crippen LogP contribution in [-0.2, 0) is 22.4 Å². The SMILES string of the molecule is CC(=O)c1cc(CCC(=O)Nc2nc(CC(N)=O)cs2)oc1C. The van der Waals surface area contributed by atoms with Gasteiger partial charge in [0.25, 0.3) is 0 Å². The second-order valence-corrected chi connectivity index (χ2v) is 5.93. The number of aryl methyl sites for hydroxylation is 2. The van der Waals surface area contributed by atoms with Crippen molar-refractivity contribution in [2.24, 2.45) is 5.73 Å². The molecule has 0 fully saturated rings. The topological polar surface area (TPSA) is 115 Å². The van der Waals surface area contributed by atoms with E-state index in [-0.39, 0.29) is 24.5 Å². The molecule has 0 unspecified atom stereocenters. The number of Topliss-reactive ketones (excluding diaryl/α,β-unsaturated/α-hetero) is 1. The Morgan fingerprint density at radius 1 is 1.39 bits per heavy atom. The minimum Gasteiger partial charge on any atom is -0.466 e. The molecule has 0 spiro atoms. The van der Waals surface area contributed by atoms with Gasteiger partial charge in [0.05, 0.1) is 17.7 Å². The lowest BCUT2D eigenvalue weighted by atomic mass is 10.1. The first-order valence-electron chi connectivity index (χ1n) is 6.98. The van der Waals surface area contributed by atoms with Crippen LogP contribution in [0.3, 0.4) is 0 Å². The Bertz CT molecular complexity index is 748. The van der Waals surface area contributed by atoms with Gasteiger partial charge in [0, 0.05) is 18.2 Å². The first-order chi connectivity index (χ1) is 10.8. The van der Waals surface area contributed by atoms with E-state index in [1.807, 2.05) is 0 Å². The van der Waals surface area contributed by atoms with E-state index in [0.717, 1.165) is 0 Å². The van der Waals surface area contributed by atoms with Crippen molar-refractivity contribution in [3.05, 3.63) is 34.2 Å². The third kappa shape index (κ3) is 4.75. The number of nitrogens with one attached hydrogen (secondary N) is 1. The average Bonchev–Trinajstić information content (AvgIpc) is 3.02. The maximum Gasteiger partial charge on any atom is 0.226 e. The zero-order valence-electron chi connectivity index (χ0n) is 12.8. The number of carbonyl (C=O) groups is 3. The molecule has 0 aliphatic carbocycles. The minimum absolute atomic E-state index is 0.0475. The molecule has 0 saturated carbocycles. The number of nitrogens with zero attached hydrogens (tertiary/aromatic N) is 1. The molecule has 0 radical (unpaired) electrons. The van der Waals surface area contributed by atoms with Crippen molar-refractivity contribution < 1.29 is 18.8 Å². The number of hydrogen-bond acceptors (Lipinski definition) is 6. The van der Waals surface area contributed by atoms with Crippen molar-refractivity contribution in [1.29, 1.82) is 0 Å². The van der Waals surface area contributed by atoms with E-state index < -0.39 is 5.91 Å². The van der Waals surface area contributed by atoms with Gasteiger partial charge in [-0.15, -0.1) is 11.3 Å². The van der Waals surface area contributed by atoms with Crippen LogP contribution >= 0.6 is 11.3 Å². The first-order valence-corrected chi connectivity index (χ1v) is 7.86. The summed E-state index contributed by atoms with van der Waals surface area (Å²) in [6.07, 6.45) is 0.639. The first kappa shape index (κ1) is 16.9. The average molecular weight is 335 g/mol. The number of rotatable bonds is 7. The van der Waals surface area contributed by atoms with Gasteiger partial charge in [-0.2, -0.15) is 0 Å². The molecule has 0 saturated heterocycles. The molecule has 122 valence electrons. The van der Waals surface area contributed by atoms with E-state index in [9.17, 15) is 14.4 Å². The highest BCUT2D eigenvalue weighted by atomic mass is 32.1. The quantitative estimate of drug-likeness (QED) is 0.749. The van der Waals surface area contributed by atoms with E-state index in [0.29, 0.717) is 34.3 Å². The Hall–Kier alpha value is -2.48. The zero-order valence-corrected chi connectivity index (χ0v) is 13.7. The van der Waals surface area contributed by atoms with Gasteiger partial charge >= 0.3 is 0 Å². The van der Waals surface area contributed by atoms with Gasteiger partial charge in [-0.3, -0.25) is 14.4 Å². The number of primary amides is 1. The molecule has 0 aliphatic rings. The van der Waals surface area contributed by atoms with E-state index in [4.69, 9.17) is 10.2 Å². The van der Waals surface area contributed by atoms with Crippen LogP contribution in [0.4, 0.5) is 5.13 Å². The van der Waals surface area contributed by atoms with Crippen LogP contribution in [0.15, 0.2) is 15.9 Å². The normalized spacial score (nSPS) is 10.5. The molecule has 2 aromatic rings. The van der Waals surface area contributed by atoms with Crippen molar-refractivity contribution in [3.63, 3.8) is 0 Å². The Morgan fingerprint density at radius 3 is 2.74 bits per heavy atom. The van der Waals surface area contributed by atoms with Crippen LogP contribution < -0.4 is 11.1 Å². The van der Waals surface area contributed by atoms with Gasteiger partial charge in [-0.1, -0.05) is 0 Å². The highest BCUT2D eigenvalue weighted by molar-refractivity contribution is 7.13. The Labute approximate surface area is 136 Å². The Morgan fingerprint density at radius 2 is 2.13 bits per heavy atom. The molecule has 8 heteroatoms. The fraction of sp³-hybridized carbons (Fsp3) is 0.333. The maximum atomic E-state index is 11.9. The van der Waals surface area contributed by atoms with Crippen LogP contribution in [0.5, 0.6) is 0 Å². The number of nitrogens with two attached hydrogens (primary N) is 1. The smallest absolute Gasteiger partial charge is 0.226 e. The summed E-state index contributed by atoms with van der Waals surface area (Å²) in [7, 11) is 0. The Kier molecular flexibility index (Phi) is 5.28. The summed E-state index contributed by atoms with van der Waals surface area (Å²) >= 11 is 1.23. The largest absolute Gasteiger partial charge is 0.466 e. The monoisotopic (exact) mass is 335 g/mol. The summed E-state index contributed by atoms with van der Waals surface area (Å²) in [5.74, 6) is 0.401. The number of thiazole rings is 1. The molecular weight excluding hydrogens is 318 g/mol. The number of amides is 2. The minimum atomic E-state index is -0.470. The number of hydrogen-bond donors (Lipinski definition) is 2. The zero-order chi connectivity index (χ0) is 17.0. The van der Waals surface area contributed by atoms with E-state index >= 15 is 0 Å². The highest BCUT2D eigenvalue weighted by Crippen LogP contribution is 2.18.